The third kappa shape index (κ3) is 20.9. The van der Waals surface area contributed by atoms with Crippen molar-refractivity contribution < 1.29 is 62.4 Å². The highest BCUT2D eigenvalue weighted by Crippen LogP contribution is 2.42. The molecule has 73 heavy (non-hydrogen) atoms. The van der Waals surface area contributed by atoms with Crippen LogP contribution in [0.1, 0.15) is 112 Å². The number of allylic oxidation sites excluding steroid dienone is 2. The van der Waals surface area contributed by atoms with Crippen LogP contribution in [-0.2, 0) is 54.3 Å². The number of unbranched alkanes of at least 4 members (excludes halogenated alkanes) is 2. The van der Waals surface area contributed by atoms with E-state index in [4.69, 9.17) is 35.2 Å². The molecular weight excluding hydrogens is 945 g/mol. The Morgan fingerprint density at radius 3 is 2.32 bits per heavy atom. The molecule has 406 valence electrons. The van der Waals surface area contributed by atoms with Gasteiger partial charge in [-0.05, 0) is 101 Å². The maximum atomic E-state index is 13.5. The Morgan fingerprint density at radius 2 is 1.66 bits per heavy atom. The van der Waals surface area contributed by atoms with Gasteiger partial charge in [0.05, 0.1) is 31.0 Å². The van der Waals surface area contributed by atoms with Crippen LogP contribution in [0.4, 0.5) is 15.3 Å². The maximum absolute atomic E-state index is 13.5. The smallest absolute Gasteiger partial charge is 0.407 e. The van der Waals surface area contributed by atoms with Crippen molar-refractivity contribution in [2.45, 2.75) is 173 Å². The second-order valence-corrected chi connectivity index (χ2v) is 19.7. The van der Waals surface area contributed by atoms with Gasteiger partial charge in [-0.1, -0.05) is 63.1 Å². The third-order valence-corrected chi connectivity index (χ3v) is 13.0. The van der Waals surface area contributed by atoms with E-state index < -0.39 is 72.0 Å². The van der Waals surface area contributed by atoms with Crippen molar-refractivity contribution in [1.29, 1.82) is 0 Å². The zero-order valence-corrected chi connectivity index (χ0v) is 43.4. The molecule has 3 aliphatic heterocycles. The van der Waals surface area contributed by atoms with Gasteiger partial charge in [0.1, 0.15) is 42.6 Å². The first-order valence-electron chi connectivity index (χ1n) is 25.5. The fourth-order valence-electron chi connectivity index (χ4n) is 8.63. The van der Waals surface area contributed by atoms with Gasteiger partial charge in [0.25, 0.3) is 0 Å². The molecule has 4 rings (SSSR count). The van der Waals surface area contributed by atoms with Gasteiger partial charge in [-0.2, -0.15) is 0 Å². The van der Waals surface area contributed by atoms with Gasteiger partial charge < -0.3 is 72.2 Å². The number of aliphatic hydroxyl groups excluding tert-OH is 1. The summed E-state index contributed by atoms with van der Waals surface area (Å²) in [4.78, 5) is 87.4. The highest BCUT2D eigenvalue weighted by molar-refractivity contribution is 5.98. The van der Waals surface area contributed by atoms with Gasteiger partial charge in [0.15, 0.2) is 0 Å². The lowest BCUT2D eigenvalue weighted by Crippen LogP contribution is -2.54. The van der Waals surface area contributed by atoms with E-state index in [1.165, 1.54) is 19.1 Å². The molecule has 0 saturated carbocycles. The van der Waals surface area contributed by atoms with Crippen LogP contribution in [0.2, 0.25) is 0 Å². The number of primary amides is 1. The van der Waals surface area contributed by atoms with Crippen molar-refractivity contribution in [3.63, 3.8) is 0 Å². The van der Waals surface area contributed by atoms with E-state index in [9.17, 15) is 38.7 Å². The van der Waals surface area contributed by atoms with E-state index in [0.717, 1.165) is 24.8 Å². The monoisotopic (exact) mass is 1020 g/mol. The van der Waals surface area contributed by atoms with Crippen LogP contribution in [0.25, 0.3) is 0 Å². The average molecular weight is 1030 g/mol. The molecule has 21 nitrogen and oxygen atoms in total. The molecule has 21 heteroatoms. The summed E-state index contributed by atoms with van der Waals surface area (Å²) in [5.41, 5.74) is 12.0. The van der Waals surface area contributed by atoms with Crippen molar-refractivity contribution >= 4 is 47.4 Å². The van der Waals surface area contributed by atoms with Crippen LogP contribution >= 0.6 is 0 Å². The van der Waals surface area contributed by atoms with Crippen molar-refractivity contribution in [2.24, 2.45) is 23.3 Å². The maximum Gasteiger partial charge on any atom is 0.407 e. The minimum Gasteiger partial charge on any atom is -0.459 e. The van der Waals surface area contributed by atoms with Crippen LogP contribution in [0, 0.1) is 11.8 Å². The van der Waals surface area contributed by atoms with E-state index in [0.29, 0.717) is 50.1 Å². The molecule has 0 radical (unpaired) electrons. The van der Waals surface area contributed by atoms with Crippen LogP contribution in [0.3, 0.4) is 0 Å². The summed E-state index contributed by atoms with van der Waals surface area (Å²) in [5, 5.41) is 27.8. The standard InChI is InChI=1S/C52H80N8O13/c1-31(2)46(60-44(62)13-9-8-10-24-53)49(66)59-40(12-11-25-55-50(54)67)48(65)57-38-19-17-37(18-20-38)29-69-51(68)56-28-39-27-52(30-70-52)47(64)43(73-39)22-15-32(3)14-21-42-33(4)26-41(35(6)72-42)58-45(63)23-16-34(5)71-36(7)61/h14-20,22-23,31,33-35,39-43,46-47,64H,8-13,21,24-30,53H2,1-7H3,(H,56,68)(H,57,65)(H,58,63)(H,59,66)(H,60,62)(H3,54,55,67)/b22-15+,23-16-,32-14+/t33-,34-,35+,39-,40-,41+,42-,43+,46-,47+,52+/m0/s1. The molecule has 3 fully saturated rings. The molecule has 1 aromatic carbocycles. The predicted octanol–water partition coefficient (Wildman–Crippen LogP) is 3.43. The number of alkyl carbamates (subject to hydrolysis) is 1. The van der Waals surface area contributed by atoms with Gasteiger partial charge in [-0.3, -0.25) is 24.0 Å². The zero-order chi connectivity index (χ0) is 53.7. The first kappa shape index (κ1) is 59.7. The number of rotatable bonds is 27. The fraction of sp³-hybridized carbons (Fsp3) is 0.635. The molecule has 0 aliphatic carbocycles. The molecule has 3 aliphatic rings. The van der Waals surface area contributed by atoms with E-state index in [1.54, 1.807) is 51.1 Å². The number of epoxide rings is 1. The Bertz CT molecular complexity index is 2100. The number of nitrogens with one attached hydrogen (secondary N) is 6. The molecule has 1 aromatic rings. The number of esters is 1. The molecule has 11 N–H and O–H groups in total. The van der Waals surface area contributed by atoms with Gasteiger partial charge in [0, 0.05) is 44.6 Å². The summed E-state index contributed by atoms with van der Waals surface area (Å²) < 4.78 is 28.8. The molecule has 3 heterocycles. The lowest BCUT2D eigenvalue weighted by Gasteiger charge is -2.39. The molecule has 0 aromatic heterocycles. The van der Waals surface area contributed by atoms with Gasteiger partial charge in [0.2, 0.25) is 23.6 Å². The SMILES string of the molecule is CC(=O)O[C@@H](C)/C=C\C(=O)N[C@@H]1C[C@H](C)[C@H](C/C=C(C)/C=C/[C@H]2O[C@H](CNC(=O)OCc3ccc(NC(=O)[C@H](CCCNC(N)=O)NC(=O)[C@@H](NC(=O)CCCCCN)C(C)C)cc3)C[C@@]3(CO3)[C@@H]2O)O[C@@H]1C. The first-order valence-corrected chi connectivity index (χ1v) is 25.5. The molecular formula is C52H80N8O13. The molecule has 1 spiro atoms. The lowest BCUT2D eigenvalue weighted by atomic mass is 9.87. The molecule has 7 amide bonds. The minimum absolute atomic E-state index is 0.0705. The second-order valence-electron chi connectivity index (χ2n) is 19.7. The van der Waals surface area contributed by atoms with Crippen molar-refractivity contribution in [1.82, 2.24) is 26.6 Å². The third-order valence-electron chi connectivity index (χ3n) is 13.0. The van der Waals surface area contributed by atoms with Crippen molar-refractivity contribution in [3.8, 4) is 0 Å². The number of carbonyl (C=O) groups excluding carboxylic acids is 7. The minimum atomic E-state index is -1.01. The molecule has 0 bridgehead atoms. The Morgan fingerprint density at radius 1 is 0.932 bits per heavy atom. The second kappa shape index (κ2) is 29.7. The number of ether oxygens (including phenoxy) is 5. The number of hydrogen-bond donors (Lipinski definition) is 9. The molecule has 0 unspecified atom stereocenters. The number of carbonyl (C=O) groups is 7. The Labute approximate surface area is 429 Å². The summed E-state index contributed by atoms with van der Waals surface area (Å²) in [6, 6.07) is 3.83. The van der Waals surface area contributed by atoms with E-state index >= 15 is 0 Å². The number of aliphatic hydroxyl groups is 1. The van der Waals surface area contributed by atoms with E-state index in [2.05, 4.69) is 44.9 Å². The number of nitrogens with two attached hydrogens (primary N) is 2. The van der Waals surface area contributed by atoms with Gasteiger partial charge in [-0.15, -0.1) is 0 Å². The van der Waals surface area contributed by atoms with Crippen LogP contribution < -0.4 is 43.4 Å². The van der Waals surface area contributed by atoms with Crippen LogP contribution in [-0.4, -0.2) is 133 Å². The van der Waals surface area contributed by atoms with Gasteiger partial charge in [-0.25, -0.2) is 9.59 Å². The summed E-state index contributed by atoms with van der Waals surface area (Å²) >= 11 is 0. The number of benzene rings is 1. The molecule has 11 atom stereocenters. The van der Waals surface area contributed by atoms with Crippen molar-refractivity contribution in [2.75, 3.05) is 31.6 Å². The zero-order valence-electron chi connectivity index (χ0n) is 43.4. The highest BCUT2D eigenvalue weighted by Gasteiger charge is 2.58. The van der Waals surface area contributed by atoms with E-state index in [-0.39, 0.29) is 74.4 Å². The van der Waals surface area contributed by atoms with Crippen LogP contribution in [0.5, 0.6) is 0 Å². The first-order chi connectivity index (χ1) is 34.7. The Hall–Kier alpha value is -5.87. The summed E-state index contributed by atoms with van der Waals surface area (Å²) in [7, 11) is 0. The topological polar surface area (TPSA) is 313 Å². The normalized spacial score (nSPS) is 25.1. The highest BCUT2D eigenvalue weighted by atomic mass is 16.6. The quantitative estimate of drug-likeness (QED) is 0.0201. The summed E-state index contributed by atoms with van der Waals surface area (Å²) in [5.74, 6) is -2.12. The number of urea groups is 1. The predicted molar refractivity (Wildman–Crippen MR) is 272 cm³/mol. The summed E-state index contributed by atoms with van der Waals surface area (Å²) in [6.45, 7) is 13.7. The lowest BCUT2D eigenvalue weighted by molar-refractivity contribution is -0.143. The summed E-state index contributed by atoms with van der Waals surface area (Å²) in [6.07, 6.45) is 9.80. The Balaban J connectivity index is 1.24. The molecule has 3 saturated heterocycles. The fourth-order valence-corrected chi connectivity index (χ4v) is 8.63. The number of amides is 7. The average Bonchev–Trinajstić information content (AvgIpc) is 4.11. The van der Waals surface area contributed by atoms with Gasteiger partial charge >= 0.3 is 18.1 Å². The van der Waals surface area contributed by atoms with Crippen molar-refractivity contribution in [3.05, 3.63) is 65.8 Å². The van der Waals surface area contributed by atoms with Crippen LogP contribution in [0.15, 0.2) is 60.2 Å². The number of hydrogen-bond acceptors (Lipinski definition) is 14. The Kier molecular flexibility index (Phi) is 24.3. The number of anilines is 1. The van der Waals surface area contributed by atoms with E-state index in [1.807, 2.05) is 19.9 Å². The largest absolute Gasteiger partial charge is 0.459 e.